The molecular formula is C45H30N2O2. The molecule has 1 atom stereocenters. The molecule has 0 aliphatic carbocycles. The summed E-state index contributed by atoms with van der Waals surface area (Å²) < 4.78 is 13.1. The van der Waals surface area contributed by atoms with Gasteiger partial charge < -0.3 is 19.4 Å². The van der Waals surface area contributed by atoms with Gasteiger partial charge >= 0.3 is 0 Å². The SMILES string of the molecule is c1ccc(C2Nc3ccc4ccc5ccc(N(c6ccccc6)c6cccc(-c7cccc8c7oc7ccccc78)c6)cc5c4c3O2)cc1. The van der Waals surface area contributed by atoms with Crippen LogP contribution in [0.2, 0.25) is 0 Å². The van der Waals surface area contributed by atoms with E-state index in [1.54, 1.807) is 0 Å². The molecule has 1 aromatic heterocycles. The fourth-order valence-electron chi connectivity index (χ4n) is 7.35. The average Bonchev–Trinajstić information content (AvgIpc) is 3.78. The molecule has 0 radical (unpaired) electrons. The molecule has 4 heteroatoms. The smallest absolute Gasteiger partial charge is 0.196 e. The molecule has 8 aromatic carbocycles. The molecule has 0 saturated carbocycles. The molecule has 9 aromatic rings. The summed E-state index contributed by atoms with van der Waals surface area (Å²) in [4.78, 5) is 2.33. The van der Waals surface area contributed by atoms with Gasteiger partial charge in [-0.2, -0.15) is 0 Å². The lowest BCUT2D eigenvalue weighted by Gasteiger charge is -2.26. The fraction of sp³-hybridized carbons (Fsp3) is 0.0222. The maximum atomic E-state index is 6.67. The quantitative estimate of drug-likeness (QED) is 0.192. The third-order valence-electron chi connectivity index (χ3n) is 9.66. The van der Waals surface area contributed by atoms with Crippen LogP contribution < -0.4 is 15.0 Å². The van der Waals surface area contributed by atoms with Gasteiger partial charge in [-0.15, -0.1) is 0 Å². The Labute approximate surface area is 283 Å². The maximum absolute atomic E-state index is 6.67. The molecule has 0 fully saturated rings. The second-order valence-electron chi connectivity index (χ2n) is 12.6. The van der Waals surface area contributed by atoms with Crippen molar-refractivity contribution in [2.45, 2.75) is 6.23 Å². The Morgan fingerprint density at radius 3 is 2.10 bits per heavy atom. The lowest BCUT2D eigenvalue weighted by Crippen LogP contribution is -2.10. The van der Waals surface area contributed by atoms with Gasteiger partial charge in [-0.1, -0.05) is 121 Å². The van der Waals surface area contributed by atoms with Crippen LogP contribution in [0.3, 0.4) is 0 Å². The van der Waals surface area contributed by atoms with Gasteiger partial charge in [0.25, 0.3) is 0 Å². The van der Waals surface area contributed by atoms with Gasteiger partial charge in [0.1, 0.15) is 11.2 Å². The summed E-state index contributed by atoms with van der Waals surface area (Å²) in [6.45, 7) is 0. The second kappa shape index (κ2) is 11.0. The summed E-state index contributed by atoms with van der Waals surface area (Å²) in [6, 6.07) is 59.7. The van der Waals surface area contributed by atoms with Crippen molar-refractivity contribution < 1.29 is 9.15 Å². The number of rotatable bonds is 5. The van der Waals surface area contributed by atoms with Crippen molar-refractivity contribution in [1.29, 1.82) is 0 Å². The second-order valence-corrected chi connectivity index (χ2v) is 12.6. The zero-order valence-electron chi connectivity index (χ0n) is 26.5. The Morgan fingerprint density at radius 1 is 0.510 bits per heavy atom. The van der Waals surface area contributed by atoms with Gasteiger partial charge in [0.2, 0.25) is 0 Å². The van der Waals surface area contributed by atoms with Gasteiger partial charge in [0, 0.05) is 44.3 Å². The number of anilines is 4. The first-order valence-corrected chi connectivity index (χ1v) is 16.6. The first-order chi connectivity index (χ1) is 24.3. The highest BCUT2D eigenvalue weighted by molar-refractivity contribution is 6.14. The molecule has 0 bridgehead atoms. The summed E-state index contributed by atoms with van der Waals surface area (Å²) in [5.74, 6) is 0.890. The van der Waals surface area contributed by atoms with Crippen molar-refractivity contribution >= 4 is 66.2 Å². The molecule has 1 unspecified atom stereocenters. The van der Waals surface area contributed by atoms with E-state index in [0.29, 0.717) is 0 Å². The Kier molecular flexibility index (Phi) is 6.21. The number of benzene rings is 8. The van der Waals surface area contributed by atoms with Crippen LogP contribution in [0.15, 0.2) is 174 Å². The first kappa shape index (κ1) is 27.6. The number of nitrogens with zero attached hydrogens (tertiary/aromatic N) is 1. The number of furan rings is 1. The van der Waals surface area contributed by atoms with E-state index in [1.165, 1.54) is 0 Å². The van der Waals surface area contributed by atoms with E-state index in [1.807, 2.05) is 30.3 Å². The van der Waals surface area contributed by atoms with Gasteiger partial charge in [0.15, 0.2) is 12.0 Å². The van der Waals surface area contributed by atoms with Crippen molar-refractivity contribution in [2.75, 3.05) is 10.2 Å². The molecule has 4 nitrogen and oxygen atoms in total. The summed E-state index contributed by atoms with van der Waals surface area (Å²) in [7, 11) is 0. The average molecular weight is 631 g/mol. The van der Waals surface area contributed by atoms with E-state index in [2.05, 4.69) is 150 Å². The highest BCUT2D eigenvalue weighted by Gasteiger charge is 2.26. The number of nitrogens with one attached hydrogen (secondary N) is 1. The monoisotopic (exact) mass is 630 g/mol. The van der Waals surface area contributed by atoms with Crippen molar-refractivity contribution in [3.8, 4) is 16.9 Å². The van der Waals surface area contributed by atoms with Crippen molar-refractivity contribution in [2.24, 2.45) is 0 Å². The van der Waals surface area contributed by atoms with Crippen LogP contribution in [0.1, 0.15) is 11.8 Å². The molecule has 1 N–H and O–H groups in total. The third-order valence-corrected chi connectivity index (χ3v) is 9.66. The largest absolute Gasteiger partial charge is 0.464 e. The van der Waals surface area contributed by atoms with Crippen molar-refractivity contribution in [1.82, 2.24) is 0 Å². The number of hydrogen-bond donors (Lipinski definition) is 1. The zero-order chi connectivity index (χ0) is 32.3. The number of para-hydroxylation sites is 3. The molecule has 2 heterocycles. The number of fused-ring (bicyclic) bond motifs is 8. The minimum atomic E-state index is -0.236. The Balaban J connectivity index is 1.14. The Hall–Kier alpha value is -6.52. The molecular weight excluding hydrogens is 601 g/mol. The molecule has 1 aliphatic heterocycles. The zero-order valence-corrected chi connectivity index (χ0v) is 26.5. The molecule has 0 amide bonds. The van der Waals surface area contributed by atoms with Crippen molar-refractivity contribution in [3.05, 3.63) is 175 Å². The van der Waals surface area contributed by atoms with E-state index in [-0.39, 0.29) is 6.23 Å². The Morgan fingerprint density at radius 2 is 1.20 bits per heavy atom. The minimum Gasteiger partial charge on any atom is -0.464 e. The predicted octanol–water partition coefficient (Wildman–Crippen LogP) is 12.5. The summed E-state index contributed by atoms with van der Waals surface area (Å²) >= 11 is 0. The third kappa shape index (κ3) is 4.53. The number of hydrogen-bond acceptors (Lipinski definition) is 4. The first-order valence-electron chi connectivity index (χ1n) is 16.6. The van der Waals surface area contributed by atoms with Crippen LogP contribution in [-0.4, -0.2) is 0 Å². The fourth-order valence-corrected chi connectivity index (χ4v) is 7.35. The number of ether oxygens (including phenoxy) is 1. The van der Waals surface area contributed by atoms with Gasteiger partial charge in [-0.25, -0.2) is 0 Å². The lowest BCUT2D eigenvalue weighted by atomic mass is 9.99. The topological polar surface area (TPSA) is 37.6 Å². The van der Waals surface area contributed by atoms with Crippen LogP contribution in [0.4, 0.5) is 22.7 Å². The van der Waals surface area contributed by atoms with Gasteiger partial charge in [-0.05, 0) is 70.3 Å². The molecule has 0 spiro atoms. The van der Waals surface area contributed by atoms with Crippen LogP contribution in [0.5, 0.6) is 5.75 Å². The van der Waals surface area contributed by atoms with Crippen LogP contribution in [0.25, 0.3) is 54.6 Å². The standard InChI is InChI=1S/C45H30N2O2/c1-3-11-31(12-4-1)45-46-40-26-24-30-22-21-29-23-25-35(28-39(29)42(30)44(40)49-45)47(33-14-5-2-6-15-33)34-16-9-13-32(27-34)36-18-10-19-38-37-17-7-8-20-41(37)48-43(36)38/h1-28,45-46H. The molecule has 49 heavy (non-hydrogen) atoms. The summed E-state index contributed by atoms with van der Waals surface area (Å²) in [6.07, 6.45) is -0.236. The van der Waals surface area contributed by atoms with Crippen LogP contribution in [-0.2, 0) is 0 Å². The van der Waals surface area contributed by atoms with E-state index in [9.17, 15) is 0 Å². The normalized spacial score (nSPS) is 13.8. The Bertz CT molecular complexity index is 2680. The highest BCUT2D eigenvalue weighted by atomic mass is 16.5. The molecule has 232 valence electrons. The lowest BCUT2D eigenvalue weighted by molar-refractivity contribution is 0.263. The van der Waals surface area contributed by atoms with Gasteiger partial charge in [-0.3, -0.25) is 0 Å². The van der Waals surface area contributed by atoms with E-state index in [0.717, 1.165) is 88.7 Å². The van der Waals surface area contributed by atoms with Crippen LogP contribution >= 0.6 is 0 Å². The summed E-state index contributed by atoms with van der Waals surface area (Å²) in [5, 5.41) is 10.4. The molecule has 0 saturated heterocycles. The van der Waals surface area contributed by atoms with E-state index >= 15 is 0 Å². The summed E-state index contributed by atoms with van der Waals surface area (Å²) in [5.41, 5.74) is 9.27. The van der Waals surface area contributed by atoms with Crippen LogP contribution in [0, 0.1) is 0 Å². The van der Waals surface area contributed by atoms with Gasteiger partial charge in [0.05, 0.1) is 5.69 Å². The predicted molar refractivity (Wildman–Crippen MR) is 202 cm³/mol. The highest BCUT2D eigenvalue weighted by Crippen LogP contribution is 2.47. The molecule has 10 rings (SSSR count). The molecule has 1 aliphatic rings. The van der Waals surface area contributed by atoms with E-state index < -0.39 is 0 Å². The minimum absolute atomic E-state index is 0.236. The van der Waals surface area contributed by atoms with Crippen molar-refractivity contribution in [3.63, 3.8) is 0 Å². The maximum Gasteiger partial charge on any atom is 0.196 e. The van der Waals surface area contributed by atoms with E-state index in [4.69, 9.17) is 9.15 Å².